The molecule has 0 aromatic heterocycles. The predicted octanol–water partition coefficient (Wildman–Crippen LogP) is 2.44. The number of rotatable bonds is 6. The van der Waals surface area contributed by atoms with E-state index in [1.54, 1.807) is 25.3 Å². The van der Waals surface area contributed by atoms with Gasteiger partial charge in [0.05, 0.1) is 19.2 Å². The number of carbonyl (C=O) groups is 2. The molecule has 6 heteroatoms. The molecule has 0 aliphatic heterocycles. The van der Waals surface area contributed by atoms with Gasteiger partial charge < -0.3 is 20.5 Å². The number of hydrogen-bond donors (Lipinski definition) is 3. The summed E-state index contributed by atoms with van der Waals surface area (Å²) >= 11 is 0. The van der Waals surface area contributed by atoms with Gasteiger partial charge in [0, 0.05) is 17.4 Å². The Bertz CT molecular complexity index is 668. The molecule has 0 heterocycles. The molecule has 0 saturated carbocycles. The lowest BCUT2D eigenvalue weighted by atomic mass is 10.2. The van der Waals surface area contributed by atoms with Gasteiger partial charge in [-0.3, -0.25) is 4.79 Å². The van der Waals surface area contributed by atoms with E-state index in [1.165, 1.54) is 12.1 Å². The molecule has 0 spiro atoms. The SMILES string of the molecule is COc1cccc(NCC(=O)Nc2ccc(C(=O)O)cc2)c1. The Morgan fingerprint density at radius 2 is 1.82 bits per heavy atom. The van der Waals surface area contributed by atoms with Gasteiger partial charge in [0.1, 0.15) is 5.75 Å². The predicted molar refractivity (Wildman–Crippen MR) is 83.5 cm³/mol. The van der Waals surface area contributed by atoms with Crippen LogP contribution in [0.5, 0.6) is 5.75 Å². The smallest absolute Gasteiger partial charge is 0.335 e. The summed E-state index contributed by atoms with van der Waals surface area (Å²) in [6.45, 7) is 0.0911. The molecule has 2 aromatic rings. The van der Waals surface area contributed by atoms with Crippen molar-refractivity contribution in [3.8, 4) is 5.75 Å². The summed E-state index contributed by atoms with van der Waals surface area (Å²) in [5.41, 5.74) is 1.49. The number of methoxy groups -OCH3 is 1. The molecule has 0 aliphatic rings. The van der Waals surface area contributed by atoms with Crippen LogP contribution >= 0.6 is 0 Å². The zero-order valence-corrected chi connectivity index (χ0v) is 12.0. The highest BCUT2D eigenvalue weighted by atomic mass is 16.5. The van der Waals surface area contributed by atoms with Crippen LogP contribution in [0.4, 0.5) is 11.4 Å². The number of amides is 1. The van der Waals surface area contributed by atoms with Gasteiger partial charge in [0.2, 0.25) is 5.91 Å². The number of carboxylic acid groups (broad SMARTS) is 1. The van der Waals surface area contributed by atoms with Gasteiger partial charge in [0.25, 0.3) is 0 Å². The number of carboxylic acids is 1. The van der Waals surface area contributed by atoms with Crippen LogP contribution in [0, 0.1) is 0 Å². The number of nitrogens with one attached hydrogen (secondary N) is 2. The average molecular weight is 300 g/mol. The highest BCUT2D eigenvalue weighted by Crippen LogP contribution is 2.16. The third-order valence-electron chi connectivity index (χ3n) is 2.94. The largest absolute Gasteiger partial charge is 0.497 e. The third-order valence-corrected chi connectivity index (χ3v) is 2.94. The van der Waals surface area contributed by atoms with Crippen molar-refractivity contribution in [1.29, 1.82) is 0 Å². The first kappa shape index (κ1) is 15.4. The van der Waals surface area contributed by atoms with Crippen LogP contribution in [0.25, 0.3) is 0 Å². The molecule has 2 aromatic carbocycles. The standard InChI is InChI=1S/C16H16N2O4/c1-22-14-4-2-3-13(9-14)17-10-15(19)18-12-7-5-11(6-8-12)16(20)21/h2-9,17H,10H2,1H3,(H,18,19)(H,20,21). The Labute approximate surface area is 127 Å². The topological polar surface area (TPSA) is 87.7 Å². The minimum atomic E-state index is -1.00. The normalized spacial score (nSPS) is 9.86. The first-order chi connectivity index (χ1) is 10.6. The second-order valence-corrected chi connectivity index (χ2v) is 4.52. The maximum Gasteiger partial charge on any atom is 0.335 e. The fourth-order valence-electron chi connectivity index (χ4n) is 1.82. The Kier molecular flexibility index (Phi) is 4.98. The molecule has 0 unspecified atom stereocenters. The number of benzene rings is 2. The van der Waals surface area contributed by atoms with Crippen LogP contribution in [0.15, 0.2) is 48.5 Å². The van der Waals surface area contributed by atoms with Crippen molar-refractivity contribution in [3.63, 3.8) is 0 Å². The third kappa shape index (κ3) is 4.24. The fourth-order valence-corrected chi connectivity index (χ4v) is 1.82. The minimum Gasteiger partial charge on any atom is -0.497 e. The summed E-state index contributed by atoms with van der Waals surface area (Å²) in [4.78, 5) is 22.6. The van der Waals surface area contributed by atoms with E-state index in [2.05, 4.69) is 10.6 Å². The van der Waals surface area contributed by atoms with E-state index in [0.717, 1.165) is 5.69 Å². The summed E-state index contributed by atoms with van der Waals surface area (Å²) in [6.07, 6.45) is 0. The van der Waals surface area contributed by atoms with E-state index in [4.69, 9.17) is 9.84 Å². The van der Waals surface area contributed by atoms with Crippen molar-refractivity contribution in [2.75, 3.05) is 24.3 Å². The van der Waals surface area contributed by atoms with Crippen LogP contribution in [-0.2, 0) is 4.79 Å². The Morgan fingerprint density at radius 3 is 2.45 bits per heavy atom. The van der Waals surface area contributed by atoms with Gasteiger partial charge in [-0.05, 0) is 36.4 Å². The Hall–Kier alpha value is -3.02. The van der Waals surface area contributed by atoms with E-state index >= 15 is 0 Å². The van der Waals surface area contributed by atoms with Crippen molar-refractivity contribution in [2.24, 2.45) is 0 Å². The van der Waals surface area contributed by atoms with Crippen molar-refractivity contribution < 1.29 is 19.4 Å². The number of carbonyl (C=O) groups excluding carboxylic acids is 1. The first-order valence-corrected chi connectivity index (χ1v) is 6.59. The average Bonchev–Trinajstić information content (AvgIpc) is 2.53. The molecule has 0 aliphatic carbocycles. The summed E-state index contributed by atoms with van der Waals surface area (Å²) in [5, 5.41) is 14.5. The molecule has 22 heavy (non-hydrogen) atoms. The van der Waals surface area contributed by atoms with E-state index in [-0.39, 0.29) is 18.0 Å². The first-order valence-electron chi connectivity index (χ1n) is 6.59. The Balaban J connectivity index is 1.88. The summed E-state index contributed by atoms with van der Waals surface area (Å²) in [5.74, 6) is -0.530. The lowest BCUT2D eigenvalue weighted by Crippen LogP contribution is -2.21. The molecular weight excluding hydrogens is 284 g/mol. The van der Waals surface area contributed by atoms with E-state index in [9.17, 15) is 9.59 Å². The minimum absolute atomic E-state index is 0.0911. The van der Waals surface area contributed by atoms with Crippen LogP contribution in [-0.4, -0.2) is 30.6 Å². The second kappa shape index (κ2) is 7.12. The van der Waals surface area contributed by atoms with Crippen LogP contribution in [0.3, 0.4) is 0 Å². The molecule has 6 nitrogen and oxygen atoms in total. The second-order valence-electron chi connectivity index (χ2n) is 4.52. The van der Waals surface area contributed by atoms with E-state index in [1.807, 2.05) is 18.2 Å². The van der Waals surface area contributed by atoms with Gasteiger partial charge in [-0.15, -0.1) is 0 Å². The molecule has 0 bridgehead atoms. The van der Waals surface area contributed by atoms with E-state index < -0.39 is 5.97 Å². The fraction of sp³-hybridized carbons (Fsp3) is 0.125. The quantitative estimate of drug-likeness (QED) is 0.762. The maximum absolute atomic E-state index is 11.8. The van der Waals surface area contributed by atoms with E-state index in [0.29, 0.717) is 11.4 Å². The van der Waals surface area contributed by atoms with Gasteiger partial charge in [-0.1, -0.05) is 6.07 Å². The monoisotopic (exact) mass is 300 g/mol. The molecule has 3 N–H and O–H groups in total. The number of aromatic carboxylic acids is 1. The highest BCUT2D eigenvalue weighted by Gasteiger charge is 2.05. The molecule has 0 radical (unpaired) electrons. The number of anilines is 2. The summed E-state index contributed by atoms with van der Waals surface area (Å²) in [6, 6.07) is 13.2. The molecule has 114 valence electrons. The maximum atomic E-state index is 11.8. The molecule has 2 rings (SSSR count). The zero-order chi connectivity index (χ0) is 15.9. The summed E-state index contributed by atoms with van der Waals surface area (Å²) < 4.78 is 5.10. The van der Waals surface area contributed by atoms with Gasteiger partial charge >= 0.3 is 5.97 Å². The number of ether oxygens (including phenoxy) is 1. The van der Waals surface area contributed by atoms with Gasteiger partial charge in [-0.25, -0.2) is 4.79 Å². The van der Waals surface area contributed by atoms with Crippen molar-refractivity contribution >= 4 is 23.3 Å². The van der Waals surface area contributed by atoms with Crippen LogP contribution in [0.2, 0.25) is 0 Å². The van der Waals surface area contributed by atoms with Gasteiger partial charge in [-0.2, -0.15) is 0 Å². The molecule has 1 amide bonds. The molecule has 0 saturated heterocycles. The zero-order valence-electron chi connectivity index (χ0n) is 12.0. The molecular formula is C16H16N2O4. The van der Waals surface area contributed by atoms with Crippen molar-refractivity contribution in [3.05, 3.63) is 54.1 Å². The molecule has 0 fully saturated rings. The van der Waals surface area contributed by atoms with Crippen LogP contribution in [0.1, 0.15) is 10.4 Å². The molecule has 0 atom stereocenters. The van der Waals surface area contributed by atoms with Crippen molar-refractivity contribution in [2.45, 2.75) is 0 Å². The van der Waals surface area contributed by atoms with Crippen LogP contribution < -0.4 is 15.4 Å². The highest BCUT2D eigenvalue weighted by molar-refractivity contribution is 5.94. The number of hydrogen-bond acceptors (Lipinski definition) is 4. The summed E-state index contributed by atoms with van der Waals surface area (Å²) in [7, 11) is 1.58. The Morgan fingerprint density at radius 1 is 1.09 bits per heavy atom. The van der Waals surface area contributed by atoms with Gasteiger partial charge in [0.15, 0.2) is 0 Å². The lowest BCUT2D eigenvalue weighted by molar-refractivity contribution is -0.114. The lowest BCUT2D eigenvalue weighted by Gasteiger charge is -2.09. The van der Waals surface area contributed by atoms with Crippen molar-refractivity contribution in [1.82, 2.24) is 0 Å².